The van der Waals surface area contributed by atoms with Crippen molar-refractivity contribution in [2.24, 2.45) is 0 Å². The lowest BCUT2D eigenvalue weighted by molar-refractivity contribution is -0.125. The van der Waals surface area contributed by atoms with Crippen molar-refractivity contribution >= 4 is 22.9 Å². The summed E-state index contributed by atoms with van der Waals surface area (Å²) in [5, 5.41) is 1.06. The van der Waals surface area contributed by atoms with Crippen LogP contribution in [-0.4, -0.2) is 23.5 Å². The van der Waals surface area contributed by atoms with Crippen LogP contribution in [0.1, 0.15) is 49.4 Å². The average molecular weight is 359 g/mol. The lowest BCUT2D eigenvalue weighted by Gasteiger charge is -2.33. The Kier molecular flexibility index (Phi) is 5.42. The minimum atomic E-state index is -0.423. The first-order valence-electron chi connectivity index (χ1n) is 9.07. The fourth-order valence-corrected chi connectivity index (χ4v) is 4.12. The van der Waals surface area contributed by atoms with Crippen LogP contribution in [0.25, 0.3) is 11.3 Å². The Balaban J connectivity index is 1.92. The fraction of sp³-hybridized carbons (Fsp3) is 0.500. The van der Waals surface area contributed by atoms with Gasteiger partial charge in [-0.3, -0.25) is 4.79 Å². The molecule has 1 unspecified atom stereocenters. The van der Waals surface area contributed by atoms with Crippen LogP contribution in [0, 0.1) is 13.8 Å². The summed E-state index contributed by atoms with van der Waals surface area (Å²) in [6.07, 6.45) is 4.14. The topological polar surface area (TPSA) is 42.4 Å². The summed E-state index contributed by atoms with van der Waals surface area (Å²) in [5.74, 6) is 0.836. The molecule has 25 heavy (non-hydrogen) atoms. The third-order valence-corrected chi connectivity index (χ3v) is 5.47. The van der Waals surface area contributed by atoms with Crippen molar-refractivity contribution in [2.45, 2.75) is 59.5 Å². The van der Waals surface area contributed by atoms with Crippen molar-refractivity contribution in [3.8, 4) is 17.0 Å². The van der Waals surface area contributed by atoms with Crippen LogP contribution in [0.15, 0.2) is 18.2 Å². The first kappa shape index (κ1) is 17.9. The number of hydrogen-bond acceptors (Lipinski definition) is 4. The third-order valence-electron chi connectivity index (χ3n) is 4.58. The maximum absolute atomic E-state index is 12.7. The van der Waals surface area contributed by atoms with E-state index in [-0.39, 0.29) is 5.91 Å². The number of thiazole rings is 1. The lowest BCUT2D eigenvalue weighted by Crippen LogP contribution is -2.44. The average Bonchev–Trinajstić information content (AvgIpc) is 2.93. The second-order valence-corrected chi connectivity index (χ2v) is 8.04. The second kappa shape index (κ2) is 7.56. The number of benzene rings is 1. The zero-order chi connectivity index (χ0) is 18.0. The molecular formula is C20H26N2O2S. The van der Waals surface area contributed by atoms with Crippen LogP contribution in [-0.2, 0) is 4.79 Å². The normalized spacial score (nSPS) is 16.7. The van der Waals surface area contributed by atoms with E-state index in [9.17, 15) is 4.79 Å². The lowest BCUT2D eigenvalue weighted by atomic mass is 10.1. The molecule has 0 bridgehead atoms. The van der Waals surface area contributed by atoms with E-state index < -0.39 is 6.10 Å². The first-order chi connectivity index (χ1) is 12.0. The number of nitrogens with zero attached hydrogens (tertiary/aromatic N) is 2. The number of hydrogen-bond donors (Lipinski definition) is 0. The second-order valence-electron chi connectivity index (χ2n) is 6.63. The number of ether oxygens (including phenoxy) is 1. The van der Waals surface area contributed by atoms with Gasteiger partial charge in [0.2, 0.25) is 0 Å². The van der Waals surface area contributed by atoms with Gasteiger partial charge in [-0.15, -0.1) is 11.3 Å². The number of anilines is 1. The summed E-state index contributed by atoms with van der Waals surface area (Å²) >= 11 is 1.70. The molecule has 2 aromatic rings. The highest BCUT2D eigenvalue weighted by Crippen LogP contribution is 2.38. The number of aryl methyl sites for hydroxylation is 2. The van der Waals surface area contributed by atoms with Crippen LogP contribution in [0.2, 0.25) is 0 Å². The minimum absolute atomic E-state index is 0.0485. The molecule has 1 aromatic carbocycles. The summed E-state index contributed by atoms with van der Waals surface area (Å²) in [6, 6.07) is 6.07. The van der Waals surface area contributed by atoms with Crippen molar-refractivity contribution in [3.63, 3.8) is 0 Å². The smallest absolute Gasteiger partial charge is 0.267 e. The number of unbranched alkanes of at least 4 members (excludes halogenated alkanes) is 3. The molecule has 1 aliphatic rings. The zero-order valence-corrected chi connectivity index (χ0v) is 16.3. The van der Waals surface area contributed by atoms with Crippen molar-refractivity contribution in [3.05, 3.63) is 28.1 Å². The number of carbonyl (C=O) groups excluding carboxylic acids is 1. The van der Waals surface area contributed by atoms with Crippen molar-refractivity contribution in [1.29, 1.82) is 0 Å². The molecule has 134 valence electrons. The summed E-state index contributed by atoms with van der Waals surface area (Å²) in [7, 11) is 0. The van der Waals surface area contributed by atoms with Gasteiger partial charge in [-0.1, -0.05) is 26.2 Å². The van der Waals surface area contributed by atoms with E-state index in [4.69, 9.17) is 4.74 Å². The highest BCUT2D eigenvalue weighted by atomic mass is 32.1. The molecule has 3 rings (SSSR count). The van der Waals surface area contributed by atoms with Gasteiger partial charge in [-0.25, -0.2) is 4.98 Å². The van der Waals surface area contributed by atoms with E-state index in [2.05, 4.69) is 24.9 Å². The predicted molar refractivity (Wildman–Crippen MR) is 104 cm³/mol. The van der Waals surface area contributed by atoms with Crippen LogP contribution in [0.3, 0.4) is 0 Å². The molecule has 1 aromatic heterocycles. The number of fused-ring (bicyclic) bond motifs is 1. The van der Waals surface area contributed by atoms with E-state index in [1.807, 2.05) is 30.9 Å². The van der Waals surface area contributed by atoms with Crippen LogP contribution in [0.4, 0.5) is 5.69 Å². The van der Waals surface area contributed by atoms with Gasteiger partial charge in [0.05, 0.1) is 16.4 Å². The summed E-state index contributed by atoms with van der Waals surface area (Å²) < 4.78 is 5.82. The molecular weight excluding hydrogens is 332 g/mol. The molecule has 0 radical (unpaired) electrons. The van der Waals surface area contributed by atoms with Gasteiger partial charge in [0, 0.05) is 17.0 Å². The number of amides is 1. The molecule has 1 atom stereocenters. The van der Waals surface area contributed by atoms with E-state index in [1.165, 1.54) is 17.7 Å². The maximum atomic E-state index is 12.7. The zero-order valence-electron chi connectivity index (χ0n) is 15.5. The molecule has 1 amide bonds. The van der Waals surface area contributed by atoms with E-state index in [0.29, 0.717) is 0 Å². The van der Waals surface area contributed by atoms with Gasteiger partial charge in [-0.2, -0.15) is 0 Å². The minimum Gasteiger partial charge on any atom is -0.479 e. The van der Waals surface area contributed by atoms with Crippen molar-refractivity contribution in [2.75, 3.05) is 11.4 Å². The van der Waals surface area contributed by atoms with Crippen LogP contribution in [0.5, 0.6) is 5.75 Å². The quantitative estimate of drug-likeness (QED) is 0.673. The standard InChI is InChI=1S/C20H26N2O2S/c1-5-6-7-8-11-22-17-12-16(19-14(3)25-15(4)21-19)9-10-18(17)24-13(2)20(22)23/h9-10,12-13H,5-8,11H2,1-4H3. The molecule has 0 N–H and O–H groups in total. The van der Waals surface area contributed by atoms with Gasteiger partial charge in [0.15, 0.2) is 6.10 Å². The van der Waals surface area contributed by atoms with Gasteiger partial charge >= 0.3 is 0 Å². The third kappa shape index (κ3) is 3.71. The summed E-state index contributed by atoms with van der Waals surface area (Å²) in [4.78, 5) is 20.4. The Bertz CT molecular complexity index is 769. The monoisotopic (exact) mass is 358 g/mol. The number of aromatic nitrogens is 1. The molecule has 4 nitrogen and oxygen atoms in total. The molecule has 5 heteroatoms. The molecule has 0 aliphatic carbocycles. The highest BCUT2D eigenvalue weighted by molar-refractivity contribution is 7.11. The predicted octanol–water partition coefficient (Wildman–Crippen LogP) is 5.12. The van der Waals surface area contributed by atoms with E-state index in [1.54, 1.807) is 11.3 Å². The van der Waals surface area contributed by atoms with E-state index >= 15 is 0 Å². The molecule has 0 fully saturated rings. The van der Waals surface area contributed by atoms with Gasteiger partial charge in [0.25, 0.3) is 5.91 Å². The number of carbonyl (C=O) groups is 1. The summed E-state index contributed by atoms with van der Waals surface area (Å²) in [5.41, 5.74) is 2.93. The summed E-state index contributed by atoms with van der Waals surface area (Å²) in [6.45, 7) is 8.88. The SMILES string of the molecule is CCCCCCN1C(=O)C(C)Oc2ccc(-c3nc(C)sc3C)cc21. The number of rotatable bonds is 6. The molecule has 0 saturated heterocycles. The first-order valence-corrected chi connectivity index (χ1v) is 9.89. The largest absolute Gasteiger partial charge is 0.479 e. The Morgan fingerprint density at radius 1 is 1.24 bits per heavy atom. The Hall–Kier alpha value is -1.88. The Morgan fingerprint density at radius 2 is 2.04 bits per heavy atom. The van der Waals surface area contributed by atoms with Crippen LogP contribution < -0.4 is 9.64 Å². The van der Waals surface area contributed by atoms with Crippen molar-refractivity contribution in [1.82, 2.24) is 4.98 Å². The Morgan fingerprint density at radius 3 is 2.72 bits per heavy atom. The fourth-order valence-electron chi connectivity index (χ4n) is 3.28. The maximum Gasteiger partial charge on any atom is 0.267 e. The molecule has 0 saturated carbocycles. The van der Waals surface area contributed by atoms with Crippen molar-refractivity contribution < 1.29 is 9.53 Å². The van der Waals surface area contributed by atoms with Gasteiger partial charge in [-0.05, 0) is 45.4 Å². The van der Waals surface area contributed by atoms with E-state index in [0.717, 1.165) is 47.1 Å². The molecule has 2 heterocycles. The van der Waals surface area contributed by atoms with Gasteiger partial charge in [0.1, 0.15) is 5.75 Å². The highest BCUT2D eigenvalue weighted by Gasteiger charge is 2.31. The van der Waals surface area contributed by atoms with Crippen LogP contribution >= 0.6 is 11.3 Å². The van der Waals surface area contributed by atoms with Gasteiger partial charge < -0.3 is 9.64 Å². The Labute approximate surface area is 153 Å². The molecule has 1 aliphatic heterocycles. The molecule has 0 spiro atoms.